The first-order valence-corrected chi connectivity index (χ1v) is 5.33. The van der Waals surface area contributed by atoms with E-state index in [1.165, 1.54) is 0 Å². The van der Waals surface area contributed by atoms with Gasteiger partial charge in [0.1, 0.15) is 0 Å². The zero-order chi connectivity index (χ0) is 10.6. The fourth-order valence-electron chi connectivity index (χ4n) is 1.70. The number of piperidine rings is 1. The van der Waals surface area contributed by atoms with Crippen LogP contribution in [0, 0.1) is 0 Å². The van der Waals surface area contributed by atoms with Crippen molar-refractivity contribution in [1.82, 2.24) is 15.1 Å². The molecule has 0 radical (unpaired) electrons. The standard InChI is InChI=1S/C10H21N3O/c1-4-13-7-5-9(6-8-13)11-10(14)12(2)3/h9H,4-8H2,1-3H3,(H,11,14). The fourth-order valence-corrected chi connectivity index (χ4v) is 1.70. The number of carbonyl (C=O) groups is 1. The number of amides is 2. The highest BCUT2D eigenvalue weighted by atomic mass is 16.2. The van der Waals surface area contributed by atoms with Crippen molar-refractivity contribution in [2.75, 3.05) is 33.7 Å². The lowest BCUT2D eigenvalue weighted by Gasteiger charge is -2.32. The van der Waals surface area contributed by atoms with E-state index in [4.69, 9.17) is 0 Å². The molecule has 1 aliphatic heterocycles. The minimum atomic E-state index is 0.0277. The Kier molecular flexibility index (Phi) is 4.20. The molecule has 0 aromatic rings. The van der Waals surface area contributed by atoms with E-state index in [2.05, 4.69) is 17.1 Å². The highest BCUT2D eigenvalue weighted by molar-refractivity contribution is 5.73. The van der Waals surface area contributed by atoms with Crippen LogP contribution in [0.15, 0.2) is 0 Å². The smallest absolute Gasteiger partial charge is 0.317 e. The molecule has 1 fully saturated rings. The van der Waals surface area contributed by atoms with E-state index in [1.54, 1.807) is 19.0 Å². The molecule has 4 nitrogen and oxygen atoms in total. The lowest BCUT2D eigenvalue weighted by Crippen LogP contribution is -2.47. The third-order valence-corrected chi connectivity index (χ3v) is 2.77. The summed E-state index contributed by atoms with van der Waals surface area (Å²) < 4.78 is 0. The van der Waals surface area contributed by atoms with Gasteiger partial charge in [0.15, 0.2) is 0 Å². The minimum absolute atomic E-state index is 0.0277. The van der Waals surface area contributed by atoms with Crippen LogP contribution < -0.4 is 5.32 Å². The van der Waals surface area contributed by atoms with Crippen molar-refractivity contribution in [3.63, 3.8) is 0 Å². The average molecular weight is 199 g/mol. The highest BCUT2D eigenvalue weighted by Gasteiger charge is 2.19. The molecule has 0 bridgehead atoms. The summed E-state index contributed by atoms with van der Waals surface area (Å²) in [7, 11) is 3.55. The topological polar surface area (TPSA) is 35.6 Å². The molecule has 2 amide bonds. The Morgan fingerprint density at radius 1 is 1.43 bits per heavy atom. The van der Waals surface area contributed by atoms with E-state index < -0.39 is 0 Å². The molecule has 0 aliphatic carbocycles. The molecule has 1 heterocycles. The quantitative estimate of drug-likeness (QED) is 0.712. The Morgan fingerprint density at radius 2 is 2.00 bits per heavy atom. The molecule has 0 unspecified atom stereocenters. The SMILES string of the molecule is CCN1CCC(NC(=O)N(C)C)CC1. The van der Waals surface area contributed by atoms with Crippen LogP contribution in [-0.2, 0) is 0 Å². The number of nitrogens with zero attached hydrogens (tertiary/aromatic N) is 2. The fraction of sp³-hybridized carbons (Fsp3) is 0.900. The van der Waals surface area contributed by atoms with Crippen LogP contribution >= 0.6 is 0 Å². The molecule has 0 aromatic carbocycles. The second-order valence-electron chi connectivity index (χ2n) is 4.05. The molecular formula is C10H21N3O. The molecular weight excluding hydrogens is 178 g/mol. The molecule has 82 valence electrons. The minimum Gasteiger partial charge on any atom is -0.335 e. The molecule has 14 heavy (non-hydrogen) atoms. The van der Waals surface area contributed by atoms with Crippen molar-refractivity contribution >= 4 is 6.03 Å². The predicted octanol–water partition coefficient (Wildman–Crippen LogP) is 0.742. The summed E-state index contributed by atoms with van der Waals surface area (Å²) in [6.07, 6.45) is 2.15. The lowest BCUT2D eigenvalue weighted by atomic mass is 10.1. The molecule has 1 saturated heterocycles. The van der Waals surface area contributed by atoms with Crippen LogP contribution in [0.5, 0.6) is 0 Å². The van der Waals surface area contributed by atoms with Crippen molar-refractivity contribution in [1.29, 1.82) is 0 Å². The number of hydrogen-bond acceptors (Lipinski definition) is 2. The Labute approximate surface area is 86.2 Å². The summed E-state index contributed by atoms with van der Waals surface area (Å²) >= 11 is 0. The number of rotatable bonds is 2. The maximum atomic E-state index is 11.4. The average Bonchev–Trinajstić information content (AvgIpc) is 2.19. The molecule has 0 atom stereocenters. The maximum absolute atomic E-state index is 11.4. The molecule has 0 aromatic heterocycles. The van der Waals surface area contributed by atoms with Gasteiger partial charge in [-0.25, -0.2) is 4.79 Å². The first kappa shape index (κ1) is 11.3. The number of carbonyl (C=O) groups excluding carboxylic acids is 1. The maximum Gasteiger partial charge on any atom is 0.317 e. The number of hydrogen-bond donors (Lipinski definition) is 1. The highest BCUT2D eigenvalue weighted by Crippen LogP contribution is 2.09. The van der Waals surface area contributed by atoms with E-state index in [-0.39, 0.29) is 6.03 Å². The number of urea groups is 1. The third-order valence-electron chi connectivity index (χ3n) is 2.77. The Bertz CT molecular complexity index is 186. The second kappa shape index (κ2) is 5.20. The van der Waals surface area contributed by atoms with E-state index >= 15 is 0 Å². The molecule has 1 rings (SSSR count). The zero-order valence-corrected chi connectivity index (χ0v) is 9.42. The van der Waals surface area contributed by atoms with Crippen LogP contribution in [0.4, 0.5) is 4.79 Å². The number of nitrogens with one attached hydrogen (secondary N) is 1. The van der Waals surface area contributed by atoms with Gasteiger partial charge in [-0.2, -0.15) is 0 Å². The van der Waals surface area contributed by atoms with Gasteiger partial charge in [-0.05, 0) is 19.4 Å². The summed E-state index contributed by atoms with van der Waals surface area (Å²) in [6.45, 7) is 5.51. The Hall–Kier alpha value is -0.770. The first-order chi connectivity index (χ1) is 6.63. The van der Waals surface area contributed by atoms with Crippen LogP contribution in [-0.4, -0.2) is 55.6 Å². The molecule has 0 spiro atoms. The van der Waals surface area contributed by atoms with Crippen molar-refractivity contribution in [3.8, 4) is 0 Å². The predicted molar refractivity (Wildman–Crippen MR) is 57.4 cm³/mol. The first-order valence-electron chi connectivity index (χ1n) is 5.33. The van der Waals surface area contributed by atoms with E-state index in [9.17, 15) is 4.79 Å². The summed E-state index contributed by atoms with van der Waals surface area (Å²) in [4.78, 5) is 15.4. The number of likely N-dealkylation sites (tertiary alicyclic amines) is 1. The van der Waals surface area contributed by atoms with E-state index in [0.29, 0.717) is 6.04 Å². The Balaban J connectivity index is 2.25. The molecule has 1 aliphatic rings. The van der Waals surface area contributed by atoms with Crippen molar-refractivity contribution in [3.05, 3.63) is 0 Å². The summed E-state index contributed by atoms with van der Waals surface area (Å²) in [5.74, 6) is 0. The molecule has 0 saturated carbocycles. The van der Waals surface area contributed by atoms with Crippen LogP contribution in [0.25, 0.3) is 0 Å². The third kappa shape index (κ3) is 3.18. The molecule has 4 heteroatoms. The van der Waals surface area contributed by atoms with Gasteiger partial charge in [0.2, 0.25) is 0 Å². The van der Waals surface area contributed by atoms with Gasteiger partial charge < -0.3 is 15.1 Å². The monoisotopic (exact) mass is 199 g/mol. The zero-order valence-electron chi connectivity index (χ0n) is 9.42. The second-order valence-corrected chi connectivity index (χ2v) is 4.05. The van der Waals surface area contributed by atoms with Gasteiger partial charge in [-0.3, -0.25) is 0 Å². The van der Waals surface area contributed by atoms with Gasteiger partial charge in [-0.1, -0.05) is 6.92 Å². The molecule has 1 N–H and O–H groups in total. The van der Waals surface area contributed by atoms with Crippen molar-refractivity contribution in [2.24, 2.45) is 0 Å². The van der Waals surface area contributed by atoms with E-state index in [1.807, 2.05) is 0 Å². The van der Waals surface area contributed by atoms with Crippen LogP contribution in [0.3, 0.4) is 0 Å². The van der Waals surface area contributed by atoms with Gasteiger partial charge in [0, 0.05) is 33.2 Å². The summed E-state index contributed by atoms with van der Waals surface area (Å²) in [5, 5.41) is 3.02. The van der Waals surface area contributed by atoms with E-state index in [0.717, 1.165) is 32.5 Å². The lowest BCUT2D eigenvalue weighted by molar-refractivity contribution is 0.186. The summed E-state index contributed by atoms with van der Waals surface area (Å²) in [5.41, 5.74) is 0. The van der Waals surface area contributed by atoms with Crippen molar-refractivity contribution < 1.29 is 4.79 Å². The van der Waals surface area contributed by atoms with Gasteiger partial charge in [-0.15, -0.1) is 0 Å². The van der Waals surface area contributed by atoms with Crippen LogP contribution in [0.2, 0.25) is 0 Å². The van der Waals surface area contributed by atoms with Gasteiger partial charge in [0.05, 0.1) is 0 Å². The normalized spacial score (nSPS) is 19.4. The largest absolute Gasteiger partial charge is 0.335 e. The van der Waals surface area contributed by atoms with Gasteiger partial charge in [0.25, 0.3) is 0 Å². The Morgan fingerprint density at radius 3 is 2.43 bits per heavy atom. The van der Waals surface area contributed by atoms with Crippen LogP contribution in [0.1, 0.15) is 19.8 Å². The van der Waals surface area contributed by atoms with Crippen molar-refractivity contribution in [2.45, 2.75) is 25.8 Å². The summed E-state index contributed by atoms with van der Waals surface area (Å²) in [6, 6.07) is 0.396. The van der Waals surface area contributed by atoms with Gasteiger partial charge >= 0.3 is 6.03 Å².